The molecule has 7 heteroatoms. The van der Waals surface area contributed by atoms with E-state index >= 15 is 0 Å². The summed E-state index contributed by atoms with van der Waals surface area (Å²) >= 11 is 5.23. The molecule has 1 aliphatic rings. The largest absolute Gasteiger partial charge is 0.381 e. The second-order valence-corrected chi connectivity index (χ2v) is 7.26. The lowest BCUT2D eigenvalue weighted by molar-refractivity contribution is 0.181. The van der Waals surface area contributed by atoms with Crippen molar-refractivity contribution in [3.05, 3.63) is 20.8 Å². The van der Waals surface area contributed by atoms with E-state index in [9.17, 15) is 0 Å². The Kier molecular flexibility index (Phi) is 8.38. The Morgan fingerprint density at radius 3 is 2.95 bits per heavy atom. The molecule has 20 heavy (non-hydrogen) atoms. The van der Waals surface area contributed by atoms with E-state index in [0.717, 1.165) is 42.5 Å². The third-order valence-corrected chi connectivity index (χ3v) is 4.80. The fraction of sp³-hybridized carbons (Fsp3) is 0.615. The minimum atomic E-state index is 0. The SMILES string of the molecule is CN=C(NCc1ccc(Br)s1)N(C)CC1CCOC1.I. The second-order valence-electron chi connectivity index (χ2n) is 4.72. The molecule has 1 saturated heterocycles. The summed E-state index contributed by atoms with van der Waals surface area (Å²) in [7, 11) is 3.91. The van der Waals surface area contributed by atoms with Crippen molar-refractivity contribution in [2.24, 2.45) is 10.9 Å². The average Bonchev–Trinajstić information content (AvgIpc) is 3.02. The zero-order valence-electron chi connectivity index (χ0n) is 11.8. The van der Waals surface area contributed by atoms with Gasteiger partial charge in [0.1, 0.15) is 0 Å². The highest BCUT2D eigenvalue weighted by molar-refractivity contribution is 14.0. The third kappa shape index (κ3) is 5.50. The lowest BCUT2D eigenvalue weighted by Crippen LogP contribution is -2.41. The van der Waals surface area contributed by atoms with Gasteiger partial charge in [-0.3, -0.25) is 4.99 Å². The molecule has 0 radical (unpaired) electrons. The van der Waals surface area contributed by atoms with E-state index in [0.29, 0.717) is 5.92 Å². The van der Waals surface area contributed by atoms with Crippen LogP contribution in [0.4, 0.5) is 0 Å². The van der Waals surface area contributed by atoms with E-state index in [1.165, 1.54) is 4.88 Å². The molecule has 0 amide bonds. The van der Waals surface area contributed by atoms with E-state index in [-0.39, 0.29) is 24.0 Å². The van der Waals surface area contributed by atoms with Crippen LogP contribution in [0.2, 0.25) is 0 Å². The van der Waals surface area contributed by atoms with Gasteiger partial charge in [-0.25, -0.2) is 0 Å². The van der Waals surface area contributed by atoms with Crippen LogP contribution in [0.5, 0.6) is 0 Å². The van der Waals surface area contributed by atoms with Gasteiger partial charge in [-0.05, 0) is 34.5 Å². The molecule has 0 saturated carbocycles. The van der Waals surface area contributed by atoms with E-state index < -0.39 is 0 Å². The van der Waals surface area contributed by atoms with Gasteiger partial charge in [-0.1, -0.05) is 0 Å². The molecular formula is C13H21BrIN3OS. The normalized spacial score (nSPS) is 18.8. The van der Waals surface area contributed by atoms with Crippen LogP contribution < -0.4 is 5.32 Å². The molecule has 4 nitrogen and oxygen atoms in total. The second kappa shape index (κ2) is 9.22. The van der Waals surface area contributed by atoms with Crippen LogP contribution in [0.25, 0.3) is 0 Å². The number of halogens is 2. The summed E-state index contributed by atoms with van der Waals surface area (Å²) in [6.07, 6.45) is 1.15. The van der Waals surface area contributed by atoms with Crippen molar-refractivity contribution in [3.63, 3.8) is 0 Å². The fourth-order valence-corrected chi connectivity index (χ4v) is 3.62. The maximum Gasteiger partial charge on any atom is 0.193 e. The average molecular weight is 474 g/mol. The van der Waals surface area contributed by atoms with Gasteiger partial charge in [0.15, 0.2) is 5.96 Å². The van der Waals surface area contributed by atoms with Gasteiger partial charge in [0.05, 0.1) is 16.9 Å². The predicted molar refractivity (Wildman–Crippen MR) is 99.2 cm³/mol. The number of rotatable bonds is 4. The third-order valence-electron chi connectivity index (χ3n) is 3.18. The lowest BCUT2D eigenvalue weighted by Gasteiger charge is -2.24. The minimum Gasteiger partial charge on any atom is -0.381 e. The molecule has 0 aliphatic carbocycles. The van der Waals surface area contributed by atoms with Gasteiger partial charge in [-0.15, -0.1) is 35.3 Å². The van der Waals surface area contributed by atoms with Crippen molar-refractivity contribution in [2.45, 2.75) is 13.0 Å². The zero-order valence-corrected chi connectivity index (χ0v) is 16.5. The molecule has 2 rings (SSSR count). The Hall–Kier alpha value is 0.140. The number of ether oxygens (including phenoxy) is 1. The van der Waals surface area contributed by atoms with Crippen molar-refractivity contribution < 1.29 is 4.74 Å². The van der Waals surface area contributed by atoms with E-state index in [4.69, 9.17) is 4.74 Å². The summed E-state index contributed by atoms with van der Waals surface area (Å²) in [5, 5.41) is 3.40. The molecule has 114 valence electrons. The number of thiophene rings is 1. The molecule has 0 bridgehead atoms. The first-order valence-electron chi connectivity index (χ1n) is 6.42. The first-order valence-corrected chi connectivity index (χ1v) is 8.03. The Bertz CT molecular complexity index is 435. The maximum absolute atomic E-state index is 5.41. The summed E-state index contributed by atoms with van der Waals surface area (Å²) in [6, 6.07) is 4.20. The van der Waals surface area contributed by atoms with Crippen LogP contribution in [-0.4, -0.2) is 44.7 Å². The maximum atomic E-state index is 5.41. The lowest BCUT2D eigenvalue weighted by atomic mass is 10.1. The standard InChI is InChI=1S/C13H20BrN3OS.HI/c1-15-13(16-7-11-3-4-12(14)19-11)17(2)8-10-5-6-18-9-10;/h3-4,10H,5-9H2,1-2H3,(H,15,16);1H. The van der Waals surface area contributed by atoms with Crippen LogP contribution in [0, 0.1) is 5.92 Å². The van der Waals surface area contributed by atoms with Gasteiger partial charge >= 0.3 is 0 Å². The Labute approximate surface area is 150 Å². The molecule has 0 aromatic carbocycles. The topological polar surface area (TPSA) is 36.9 Å². The number of nitrogens with one attached hydrogen (secondary N) is 1. The molecular weight excluding hydrogens is 453 g/mol. The number of aliphatic imine (C=N–C) groups is 1. The predicted octanol–water partition coefficient (Wildman–Crippen LogP) is 3.17. The number of hydrogen-bond acceptors (Lipinski definition) is 3. The number of nitrogens with zero attached hydrogens (tertiary/aromatic N) is 2. The minimum absolute atomic E-state index is 0. The van der Waals surface area contributed by atoms with Gasteiger partial charge in [-0.2, -0.15) is 0 Å². The highest BCUT2D eigenvalue weighted by Gasteiger charge is 2.18. The van der Waals surface area contributed by atoms with E-state index in [1.54, 1.807) is 11.3 Å². The van der Waals surface area contributed by atoms with E-state index in [2.05, 4.69) is 50.3 Å². The number of hydrogen-bond donors (Lipinski definition) is 1. The van der Waals surface area contributed by atoms with Gasteiger partial charge in [0.2, 0.25) is 0 Å². The first-order chi connectivity index (χ1) is 9.19. The van der Waals surface area contributed by atoms with Crippen molar-refractivity contribution in [1.29, 1.82) is 0 Å². The molecule has 1 aromatic rings. The highest BCUT2D eigenvalue weighted by Crippen LogP contribution is 2.21. The van der Waals surface area contributed by atoms with Gasteiger partial charge in [0, 0.05) is 38.0 Å². The summed E-state index contributed by atoms with van der Waals surface area (Å²) in [5.74, 6) is 1.57. The quantitative estimate of drug-likeness (QED) is 0.414. The van der Waals surface area contributed by atoms with Crippen molar-refractivity contribution in [1.82, 2.24) is 10.2 Å². The molecule has 1 fully saturated rings. The van der Waals surface area contributed by atoms with Crippen molar-refractivity contribution in [2.75, 3.05) is 33.9 Å². The molecule has 1 aliphatic heterocycles. The summed E-state index contributed by atoms with van der Waals surface area (Å²) in [6.45, 7) is 3.58. The Balaban J connectivity index is 0.00000200. The van der Waals surface area contributed by atoms with Crippen LogP contribution in [-0.2, 0) is 11.3 Å². The van der Waals surface area contributed by atoms with Crippen LogP contribution in [0.15, 0.2) is 20.9 Å². The fourth-order valence-electron chi connectivity index (χ4n) is 2.20. The molecule has 2 heterocycles. The van der Waals surface area contributed by atoms with Crippen LogP contribution >= 0.6 is 51.2 Å². The Morgan fingerprint density at radius 1 is 1.60 bits per heavy atom. The summed E-state index contributed by atoms with van der Waals surface area (Å²) < 4.78 is 6.58. The smallest absolute Gasteiger partial charge is 0.193 e. The summed E-state index contributed by atoms with van der Waals surface area (Å²) in [5.41, 5.74) is 0. The van der Waals surface area contributed by atoms with Crippen molar-refractivity contribution in [3.8, 4) is 0 Å². The van der Waals surface area contributed by atoms with Gasteiger partial charge in [0.25, 0.3) is 0 Å². The monoisotopic (exact) mass is 473 g/mol. The molecule has 1 aromatic heterocycles. The zero-order chi connectivity index (χ0) is 13.7. The van der Waals surface area contributed by atoms with Gasteiger partial charge < -0.3 is 15.0 Å². The summed E-state index contributed by atoms with van der Waals surface area (Å²) in [4.78, 5) is 7.81. The Morgan fingerprint density at radius 2 is 2.40 bits per heavy atom. The molecule has 0 spiro atoms. The molecule has 1 atom stereocenters. The first kappa shape index (κ1) is 18.2. The van der Waals surface area contributed by atoms with Crippen LogP contribution in [0.3, 0.4) is 0 Å². The highest BCUT2D eigenvalue weighted by atomic mass is 127. The molecule has 1 unspecified atom stereocenters. The van der Waals surface area contributed by atoms with E-state index in [1.807, 2.05) is 7.05 Å². The number of guanidine groups is 1. The molecule has 1 N–H and O–H groups in total. The van der Waals surface area contributed by atoms with Crippen LogP contribution in [0.1, 0.15) is 11.3 Å². The van der Waals surface area contributed by atoms with Crippen molar-refractivity contribution >= 4 is 57.2 Å².